The first-order chi connectivity index (χ1) is 6.58. The maximum atomic E-state index is 6.03. The molecule has 14 heavy (non-hydrogen) atoms. The molecule has 84 valence electrons. The van der Waals surface area contributed by atoms with E-state index in [1.807, 2.05) is 0 Å². The number of likely N-dealkylation sites (N-methyl/N-ethyl adjacent to an activating group) is 1. The fraction of sp³-hybridized carbons (Fsp3) is 1.00. The first-order valence-electron chi connectivity index (χ1n) is 6.05. The molecule has 2 atom stereocenters. The molecule has 0 amide bonds. The lowest BCUT2D eigenvalue weighted by molar-refractivity contribution is 0.0405. The second-order valence-corrected chi connectivity index (χ2v) is 4.98. The van der Waals surface area contributed by atoms with Gasteiger partial charge in [0.15, 0.2) is 0 Å². The number of nitrogens with two attached hydrogens (primary N) is 1. The van der Waals surface area contributed by atoms with E-state index in [1.165, 1.54) is 19.3 Å². The van der Waals surface area contributed by atoms with Crippen LogP contribution < -0.4 is 5.73 Å². The molecule has 1 fully saturated rings. The molecule has 0 bridgehead atoms. The van der Waals surface area contributed by atoms with E-state index < -0.39 is 0 Å². The SMILES string of the molecule is CCN(C(C)C)C1(CN)CCCC1C. The summed E-state index contributed by atoms with van der Waals surface area (Å²) in [5.41, 5.74) is 6.33. The van der Waals surface area contributed by atoms with Crippen LogP contribution in [0.4, 0.5) is 0 Å². The Hall–Kier alpha value is -0.0800. The lowest BCUT2D eigenvalue weighted by Crippen LogP contribution is -2.58. The average Bonchev–Trinajstić information content (AvgIpc) is 2.49. The summed E-state index contributed by atoms with van der Waals surface area (Å²) in [6.07, 6.45) is 3.98. The van der Waals surface area contributed by atoms with Crippen LogP contribution in [0.2, 0.25) is 0 Å². The molecule has 0 aromatic heterocycles. The molecule has 0 aliphatic heterocycles. The molecule has 2 heteroatoms. The summed E-state index contributed by atoms with van der Waals surface area (Å²) in [4.78, 5) is 2.60. The van der Waals surface area contributed by atoms with Crippen LogP contribution in [0.25, 0.3) is 0 Å². The minimum atomic E-state index is 0.295. The van der Waals surface area contributed by atoms with Gasteiger partial charge in [-0.25, -0.2) is 0 Å². The van der Waals surface area contributed by atoms with Crippen molar-refractivity contribution >= 4 is 0 Å². The standard InChI is InChI=1S/C12H26N2/c1-5-14(10(2)3)12(9-13)8-6-7-11(12)4/h10-11H,5-9,13H2,1-4H3. The van der Waals surface area contributed by atoms with Crippen LogP contribution in [0.5, 0.6) is 0 Å². The summed E-state index contributed by atoms with van der Waals surface area (Å²) >= 11 is 0. The van der Waals surface area contributed by atoms with E-state index in [0.717, 1.165) is 19.0 Å². The summed E-state index contributed by atoms with van der Waals surface area (Å²) in [6.45, 7) is 11.1. The predicted octanol–water partition coefficient (Wildman–Crippen LogP) is 2.23. The Balaban J connectivity index is 2.86. The fourth-order valence-corrected chi connectivity index (χ4v) is 3.27. The first-order valence-corrected chi connectivity index (χ1v) is 6.05. The van der Waals surface area contributed by atoms with Crippen LogP contribution >= 0.6 is 0 Å². The monoisotopic (exact) mass is 198 g/mol. The molecule has 0 spiro atoms. The third kappa shape index (κ3) is 1.82. The maximum absolute atomic E-state index is 6.03. The summed E-state index contributed by atoms with van der Waals surface area (Å²) in [5.74, 6) is 0.759. The fourth-order valence-electron chi connectivity index (χ4n) is 3.27. The van der Waals surface area contributed by atoms with Gasteiger partial charge in [0.05, 0.1) is 0 Å². The molecule has 2 nitrogen and oxygen atoms in total. The van der Waals surface area contributed by atoms with Crippen LogP contribution in [0.15, 0.2) is 0 Å². The van der Waals surface area contributed by atoms with Gasteiger partial charge in [-0.05, 0) is 39.2 Å². The maximum Gasteiger partial charge on any atom is 0.0359 e. The molecule has 0 radical (unpaired) electrons. The molecule has 2 N–H and O–H groups in total. The number of hydrogen-bond acceptors (Lipinski definition) is 2. The highest BCUT2D eigenvalue weighted by Crippen LogP contribution is 2.40. The zero-order valence-corrected chi connectivity index (χ0v) is 10.2. The Morgan fingerprint density at radius 3 is 2.43 bits per heavy atom. The zero-order chi connectivity index (χ0) is 10.8. The molecular weight excluding hydrogens is 172 g/mol. The van der Waals surface area contributed by atoms with E-state index in [1.54, 1.807) is 0 Å². The van der Waals surface area contributed by atoms with Gasteiger partial charge in [0, 0.05) is 18.1 Å². The van der Waals surface area contributed by atoms with Gasteiger partial charge < -0.3 is 5.73 Å². The summed E-state index contributed by atoms with van der Waals surface area (Å²) in [6, 6.07) is 0.615. The molecule has 0 aromatic rings. The normalized spacial score (nSPS) is 33.2. The van der Waals surface area contributed by atoms with Crippen molar-refractivity contribution in [1.29, 1.82) is 0 Å². The second kappa shape index (κ2) is 4.63. The van der Waals surface area contributed by atoms with E-state index in [9.17, 15) is 0 Å². The van der Waals surface area contributed by atoms with E-state index in [2.05, 4.69) is 32.6 Å². The van der Waals surface area contributed by atoms with Crippen molar-refractivity contribution in [2.45, 2.75) is 58.5 Å². The molecule has 1 rings (SSSR count). The van der Waals surface area contributed by atoms with Gasteiger partial charge in [-0.2, -0.15) is 0 Å². The molecule has 2 unspecified atom stereocenters. The Morgan fingerprint density at radius 2 is 2.14 bits per heavy atom. The van der Waals surface area contributed by atoms with Crippen molar-refractivity contribution in [3.8, 4) is 0 Å². The Bertz CT molecular complexity index is 179. The molecule has 1 aliphatic carbocycles. The summed E-state index contributed by atoms with van der Waals surface area (Å²) in [5, 5.41) is 0. The first kappa shape index (κ1) is 12.0. The van der Waals surface area contributed by atoms with Crippen LogP contribution in [0.3, 0.4) is 0 Å². The summed E-state index contributed by atoms with van der Waals surface area (Å²) < 4.78 is 0. The molecule has 1 saturated carbocycles. The molecule has 0 heterocycles. The van der Waals surface area contributed by atoms with E-state index in [4.69, 9.17) is 5.73 Å². The Kier molecular flexibility index (Phi) is 3.96. The average molecular weight is 198 g/mol. The largest absolute Gasteiger partial charge is 0.329 e. The molecule has 1 aliphatic rings. The quantitative estimate of drug-likeness (QED) is 0.750. The predicted molar refractivity (Wildman–Crippen MR) is 62.3 cm³/mol. The second-order valence-electron chi connectivity index (χ2n) is 4.98. The van der Waals surface area contributed by atoms with Crippen LogP contribution in [-0.4, -0.2) is 29.6 Å². The van der Waals surface area contributed by atoms with Gasteiger partial charge in [-0.15, -0.1) is 0 Å². The summed E-state index contributed by atoms with van der Waals surface area (Å²) in [7, 11) is 0. The van der Waals surface area contributed by atoms with Gasteiger partial charge in [0.1, 0.15) is 0 Å². The highest BCUT2D eigenvalue weighted by molar-refractivity contribution is 5.00. The minimum Gasteiger partial charge on any atom is -0.329 e. The third-order valence-electron chi connectivity index (χ3n) is 4.05. The molecule has 0 aromatic carbocycles. The van der Waals surface area contributed by atoms with Gasteiger partial charge in [-0.3, -0.25) is 4.90 Å². The van der Waals surface area contributed by atoms with Crippen molar-refractivity contribution < 1.29 is 0 Å². The van der Waals surface area contributed by atoms with Crippen molar-refractivity contribution in [2.75, 3.05) is 13.1 Å². The van der Waals surface area contributed by atoms with E-state index >= 15 is 0 Å². The number of hydrogen-bond donors (Lipinski definition) is 1. The van der Waals surface area contributed by atoms with Crippen LogP contribution in [-0.2, 0) is 0 Å². The highest BCUT2D eigenvalue weighted by atomic mass is 15.2. The Morgan fingerprint density at radius 1 is 1.50 bits per heavy atom. The lowest BCUT2D eigenvalue weighted by Gasteiger charge is -2.46. The minimum absolute atomic E-state index is 0.295. The smallest absolute Gasteiger partial charge is 0.0359 e. The van der Waals surface area contributed by atoms with Crippen LogP contribution in [0, 0.1) is 5.92 Å². The molecule has 0 saturated heterocycles. The van der Waals surface area contributed by atoms with Crippen molar-refractivity contribution in [3.05, 3.63) is 0 Å². The topological polar surface area (TPSA) is 29.3 Å². The van der Waals surface area contributed by atoms with Crippen molar-refractivity contribution in [1.82, 2.24) is 4.90 Å². The third-order valence-corrected chi connectivity index (χ3v) is 4.05. The number of nitrogens with zero attached hydrogens (tertiary/aromatic N) is 1. The van der Waals surface area contributed by atoms with Gasteiger partial charge in [0.25, 0.3) is 0 Å². The highest BCUT2D eigenvalue weighted by Gasteiger charge is 2.43. The van der Waals surface area contributed by atoms with Crippen molar-refractivity contribution in [3.63, 3.8) is 0 Å². The number of rotatable bonds is 4. The van der Waals surface area contributed by atoms with E-state index in [0.29, 0.717) is 11.6 Å². The lowest BCUT2D eigenvalue weighted by atomic mass is 9.85. The van der Waals surface area contributed by atoms with Crippen molar-refractivity contribution in [2.24, 2.45) is 11.7 Å². The Labute approximate surface area is 88.8 Å². The molecular formula is C12H26N2. The van der Waals surface area contributed by atoms with Gasteiger partial charge in [-0.1, -0.05) is 20.3 Å². The van der Waals surface area contributed by atoms with Gasteiger partial charge >= 0.3 is 0 Å². The zero-order valence-electron chi connectivity index (χ0n) is 10.2. The van der Waals surface area contributed by atoms with Crippen LogP contribution in [0.1, 0.15) is 47.0 Å². The van der Waals surface area contributed by atoms with E-state index in [-0.39, 0.29) is 0 Å². The van der Waals surface area contributed by atoms with Gasteiger partial charge in [0.2, 0.25) is 0 Å².